The maximum atomic E-state index is 12.6. The molecular formula is C23H19NO4. The van der Waals surface area contributed by atoms with E-state index in [-0.39, 0.29) is 12.3 Å². The van der Waals surface area contributed by atoms with Crippen LogP contribution in [0.4, 0.5) is 5.69 Å². The minimum absolute atomic E-state index is 0.141. The van der Waals surface area contributed by atoms with Gasteiger partial charge in [-0.25, -0.2) is 4.79 Å². The first-order valence-corrected chi connectivity index (χ1v) is 9.43. The number of benzene rings is 2. The molecule has 2 heterocycles. The molecule has 0 aliphatic heterocycles. The van der Waals surface area contributed by atoms with Crippen molar-refractivity contribution in [2.24, 2.45) is 0 Å². The van der Waals surface area contributed by atoms with Gasteiger partial charge in [0, 0.05) is 34.2 Å². The Balaban J connectivity index is 1.40. The lowest BCUT2D eigenvalue weighted by molar-refractivity contribution is -0.115. The molecule has 5 nitrogen and oxygen atoms in total. The van der Waals surface area contributed by atoms with Crippen molar-refractivity contribution in [3.05, 3.63) is 75.3 Å². The van der Waals surface area contributed by atoms with Crippen LogP contribution in [0.3, 0.4) is 0 Å². The summed E-state index contributed by atoms with van der Waals surface area (Å²) in [4.78, 5) is 24.2. The van der Waals surface area contributed by atoms with E-state index in [1.54, 1.807) is 12.3 Å². The number of hydrogen-bond acceptors (Lipinski definition) is 4. The molecule has 28 heavy (non-hydrogen) atoms. The molecule has 0 radical (unpaired) electrons. The number of carbonyl (C=O) groups excluding carboxylic acids is 1. The Morgan fingerprint density at radius 1 is 1.04 bits per heavy atom. The van der Waals surface area contributed by atoms with E-state index in [9.17, 15) is 9.59 Å². The summed E-state index contributed by atoms with van der Waals surface area (Å²) >= 11 is 0. The number of aryl methyl sites for hydroxylation is 3. The van der Waals surface area contributed by atoms with Crippen molar-refractivity contribution in [2.75, 3.05) is 5.32 Å². The first-order valence-electron chi connectivity index (χ1n) is 9.43. The lowest BCUT2D eigenvalue weighted by Crippen LogP contribution is -2.14. The number of furan rings is 1. The Bertz CT molecular complexity index is 1300. The van der Waals surface area contributed by atoms with Crippen molar-refractivity contribution >= 4 is 33.5 Å². The van der Waals surface area contributed by atoms with Gasteiger partial charge in [-0.2, -0.15) is 0 Å². The normalized spacial score (nSPS) is 13.2. The summed E-state index contributed by atoms with van der Waals surface area (Å²) in [5, 5.41) is 4.75. The summed E-state index contributed by atoms with van der Waals surface area (Å²) in [7, 11) is 0. The van der Waals surface area contributed by atoms with Crippen LogP contribution in [0.1, 0.15) is 28.7 Å². The molecule has 1 aliphatic rings. The van der Waals surface area contributed by atoms with Crippen molar-refractivity contribution in [1.29, 1.82) is 0 Å². The van der Waals surface area contributed by atoms with E-state index in [1.807, 2.05) is 19.1 Å². The van der Waals surface area contributed by atoms with Gasteiger partial charge in [-0.1, -0.05) is 0 Å². The molecule has 0 fully saturated rings. The lowest BCUT2D eigenvalue weighted by Gasteiger charge is -2.07. The first-order chi connectivity index (χ1) is 13.6. The van der Waals surface area contributed by atoms with Crippen LogP contribution in [0.2, 0.25) is 0 Å². The predicted molar refractivity (Wildman–Crippen MR) is 108 cm³/mol. The second-order valence-electron chi connectivity index (χ2n) is 7.42. The summed E-state index contributed by atoms with van der Waals surface area (Å²) in [6.07, 6.45) is 5.25. The summed E-state index contributed by atoms with van der Waals surface area (Å²) in [5.41, 5.74) is 5.94. The van der Waals surface area contributed by atoms with E-state index in [2.05, 4.69) is 17.4 Å². The SMILES string of the molecule is Cc1cc(=O)oc2cc(NC(=O)Cc3coc4cc5c(cc34)CCC5)ccc12. The van der Waals surface area contributed by atoms with Crippen LogP contribution in [0.25, 0.3) is 21.9 Å². The second kappa shape index (κ2) is 6.37. The summed E-state index contributed by atoms with van der Waals surface area (Å²) < 4.78 is 10.9. The third-order valence-electron chi connectivity index (χ3n) is 5.45. The molecular weight excluding hydrogens is 354 g/mol. The zero-order valence-corrected chi connectivity index (χ0v) is 15.5. The molecule has 0 atom stereocenters. The standard InChI is InChI=1S/C23H19NO4/c1-13-7-23(26)28-21-11-17(5-6-18(13)21)24-22(25)10-16-12-27-20-9-15-4-2-3-14(15)8-19(16)20/h5-9,11-12H,2-4,10H2,1H3,(H,24,25). The van der Waals surface area contributed by atoms with Crippen LogP contribution >= 0.6 is 0 Å². The number of hydrogen-bond donors (Lipinski definition) is 1. The number of amides is 1. The molecule has 2 aromatic heterocycles. The second-order valence-corrected chi connectivity index (χ2v) is 7.42. The van der Waals surface area contributed by atoms with Crippen LogP contribution in [0, 0.1) is 6.92 Å². The van der Waals surface area contributed by atoms with Crippen LogP contribution in [0.5, 0.6) is 0 Å². The van der Waals surface area contributed by atoms with E-state index in [0.717, 1.165) is 40.3 Å². The molecule has 4 aromatic rings. The fourth-order valence-corrected chi connectivity index (χ4v) is 4.07. The Morgan fingerprint density at radius 2 is 1.86 bits per heavy atom. The van der Waals surface area contributed by atoms with Gasteiger partial charge >= 0.3 is 5.63 Å². The average Bonchev–Trinajstić information content (AvgIpc) is 3.26. The summed E-state index contributed by atoms with van der Waals surface area (Å²) in [6, 6.07) is 11.1. The largest absolute Gasteiger partial charge is 0.464 e. The van der Waals surface area contributed by atoms with Crippen molar-refractivity contribution in [2.45, 2.75) is 32.6 Å². The fourth-order valence-electron chi connectivity index (χ4n) is 4.07. The molecule has 1 aliphatic carbocycles. The van der Waals surface area contributed by atoms with Gasteiger partial charge in [0.1, 0.15) is 11.2 Å². The molecule has 0 saturated heterocycles. The number of carbonyl (C=O) groups is 1. The van der Waals surface area contributed by atoms with Crippen molar-refractivity contribution in [3.8, 4) is 0 Å². The molecule has 5 heteroatoms. The highest BCUT2D eigenvalue weighted by molar-refractivity contribution is 5.97. The Labute approximate surface area is 161 Å². The number of nitrogens with one attached hydrogen (secondary N) is 1. The molecule has 0 bridgehead atoms. The van der Waals surface area contributed by atoms with Crippen LogP contribution in [-0.2, 0) is 24.1 Å². The smallest absolute Gasteiger partial charge is 0.336 e. The van der Waals surface area contributed by atoms with E-state index >= 15 is 0 Å². The number of fused-ring (bicyclic) bond motifs is 3. The maximum absolute atomic E-state index is 12.6. The number of anilines is 1. The monoisotopic (exact) mass is 373 g/mol. The molecule has 1 N–H and O–H groups in total. The quantitative estimate of drug-likeness (QED) is 0.536. The zero-order chi connectivity index (χ0) is 19.3. The van der Waals surface area contributed by atoms with Gasteiger partial charge in [0.2, 0.25) is 5.91 Å². The minimum atomic E-state index is -0.397. The van der Waals surface area contributed by atoms with Gasteiger partial charge in [-0.05, 0) is 67.1 Å². The van der Waals surface area contributed by atoms with Gasteiger partial charge in [0.25, 0.3) is 0 Å². The van der Waals surface area contributed by atoms with Crippen molar-refractivity contribution in [1.82, 2.24) is 0 Å². The Kier molecular flexibility index (Phi) is 3.83. The molecule has 2 aromatic carbocycles. The average molecular weight is 373 g/mol. The van der Waals surface area contributed by atoms with Crippen LogP contribution in [-0.4, -0.2) is 5.91 Å². The van der Waals surface area contributed by atoms with Crippen LogP contribution in [0.15, 0.2) is 56.3 Å². The van der Waals surface area contributed by atoms with Crippen LogP contribution < -0.4 is 10.9 Å². The molecule has 1 amide bonds. The minimum Gasteiger partial charge on any atom is -0.464 e. The highest BCUT2D eigenvalue weighted by atomic mass is 16.4. The van der Waals surface area contributed by atoms with E-state index in [0.29, 0.717) is 11.3 Å². The summed E-state index contributed by atoms with van der Waals surface area (Å²) in [5.74, 6) is -0.141. The Morgan fingerprint density at radius 3 is 2.71 bits per heavy atom. The highest BCUT2D eigenvalue weighted by Gasteiger charge is 2.17. The summed E-state index contributed by atoms with van der Waals surface area (Å²) in [6.45, 7) is 1.86. The van der Waals surface area contributed by atoms with Gasteiger partial charge in [-0.3, -0.25) is 4.79 Å². The fraction of sp³-hybridized carbons (Fsp3) is 0.217. The molecule has 140 valence electrons. The van der Waals surface area contributed by atoms with E-state index in [1.165, 1.54) is 23.6 Å². The van der Waals surface area contributed by atoms with Crippen molar-refractivity contribution in [3.63, 3.8) is 0 Å². The van der Waals surface area contributed by atoms with Gasteiger partial charge in [0.15, 0.2) is 0 Å². The van der Waals surface area contributed by atoms with E-state index in [4.69, 9.17) is 8.83 Å². The molecule has 0 saturated carbocycles. The van der Waals surface area contributed by atoms with Gasteiger partial charge in [0.05, 0.1) is 12.7 Å². The molecule has 5 rings (SSSR count). The maximum Gasteiger partial charge on any atom is 0.336 e. The Hall–Kier alpha value is -3.34. The predicted octanol–water partition coefficient (Wildman–Crippen LogP) is 4.52. The first kappa shape index (κ1) is 16.8. The number of rotatable bonds is 3. The van der Waals surface area contributed by atoms with Gasteiger partial charge < -0.3 is 14.2 Å². The zero-order valence-electron chi connectivity index (χ0n) is 15.5. The highest BCUT2D eigenvalue weighted by Crippen LogP contribution is 2.30. The molecule has 0 spiro atoms. The lowest BCUT2D eigenvalue weighted by atomic mass is 10.0. The van der Waals surface area contributed by atoms with Crippen molar-refractivity contribution < 1.29 is 13.6 Å². The van der Waals surface area contributed by atoms with E-state index < -0.39 is 5.63 Å². The molecule has 0 unspecified atom stereocenters. The third kappa shape index (κ3) is 2.89. The third-order valence-corrected chi connectivity index (χ3v) is 5.45. The topological polar surface area (TPSA) is 72.5 Å². The van der Waals surface area contributed by atoms with Gasteiger partial charge in [-0.15, -0.1) is 0 Å².